The highest BCUT2D eigenvalue weighted by Crippen LogP contribution is 2.36. The van der Waals surface area contributed by atoms with Gasteiger partial charge in [0.1, 0.15) is 12.0 Å². The van der Waals surface area contributed by atoms with Crippen LogP contribution in [0.25, 0.3) is 0 Å². The number of allylic oxidation sites excluding steroid dienone is 1. The van der Waals surface area contributed by atoms with Crippen LogP contribution in [0.2, 0.25) is 0 Å². The summed E-state index contributed by atoms with van der Waals surface area (Å²) in [6.07, 6.45) is 1.75. The standard InChI is InChI=1S/C16H18O5S/c1-3-7-13-16(20-11(2)17)21-14(22-13)10-19-15(18)12-8-5-4-6-9-12/h3-6,8-9,13-14,16H,1,7,10H2,2H3. The van der Waals surface area contributed by atoms with Gasteiger partial charge in [-0.2, -0.15) is 0 Å². The second-order valence-electron chi connectivity index (χ2n) is 4.71. The van der Waals surface area contributed by atoms with Gasteiger partial charge in [0.15, 0.2) is 0 Å². The van der Waals surface area contributed by atoms with E-state index in [1.54, 1.807) is 30.3 Å². The average Bonchev–Trinajstić information content (AvgIpc) is 2.87. The molecule has 0 radical (unpaired) electrons. The molecular weight excluding hydrogens is 304 g/mol. The molecule has 6 heteroatoms. The zero-order valence-corrected chi connectivity index (χ0v) is 13.1. The number of esters is 2. The van der Waals surface area contributed by atoms with Gasteiger partial charge in [-0.1, -0.05) is 24.3 Å². The summed E-state index contributed by atoms with van der Waals surface area (Å²) in [5, 5.41) is -0.0400. The number of carbonyl (C=O) groups is 2. The van der Waals surface area contributed by atoms with E-state index in [2.05, 4.69) is 6.58 Å². The first-order valence-corrected chi connectivity index (χ1v) is 7.85. The molecule has 0 aliphatic carbocycles. The summed E-state index contributed by atoms with van der Waals surface area (Å²) in [7, 11) is 0. The highest BCUT2D eigenvalue weighted by atomic mass is 32.2. The first kappa shape index (κ1) is 16.6. The van der Waals surface area contributed by atoms with Crippen molar-refractivity contribution < 1.29 is 23.8 Å². The Hall–Kier alpha value is -1.79. The molecule has 118 valence electrons. The Labute approximate surface area is 133 Å². The van der Waals surface area contributed by atoms with Crippen LogP contribution in [0.3, 0.4) is 0 Å². The Morgan fingerprint density at radius 2 is 2.09 bits per heavy atom. The van der Waals surface area contributed by atoms with Crippen LogP contribution in [-0.4, -0.2) is 35.5 Å². The molecule has 0 N–H and O–H groups in total. The molecule has 0 amide bonds. The monoisotopic (exact) mass is 322 g/mol. The van der Waals surface area contributed by atoms with Crippen molar-refractivity contribution in [3.63, 3.8) is 0 Å². The predicted octanol–water partition coefficient (Wildman–Crippen LogP) is 2.77. The molecule has 5 nitrogen and oxygen atoms in total. The van der Waals surface area contributed by atoms with Crippen molar-refractivity contribution in [2.45, 2.75) is 30.3 Å². The van der Waals surface area contributed by atoms with Crippen LogP contribution in [0, 0.1) is 0 Å². The van der Waals surface area contributed by atoms with Crippen molar-refractivity contribution in [3.8, 4) is 0 Å². The molecule has 1 aromatic carbocycles. The Morgan fingerprint density at radius 1 is 1.36 bits per heavy atom. The van der Waals surface area contributed by atoms with Crippen LogP contribution in [0.5, 0.6) is 0 Å². The molecular formula is C16H18O5S. The molecule has 3 unspecified atom stereocenters. The molecule has 0 bridgehead atoms. The molecule has 22 heavy (non-hydrogen) atoms. The molecule has 1 aliphatic heterocycles. The number of benzene rings is 1. The van der Waals surface area contributed by atoms with Crippen molar-refractivity contribution in [1.82, 2.24) is 0 Å². The number of hydrogen-bond donors (Lipinski definition) is 0. The van der Waals surface area contributed by atoms with Gasteiger partial charge in [0.2, 0.25) is 6.29 Å². The van der Waals surface area contributed by atoms with Crippen LogP contribution >= 0.6 is 11.8 Å². The maximum atomic E-state index is 11.9. The van der Waals surface area contributed by atoms with Gasteiger partial charge in [-0.3, -0.25) is 4.79 Å². The van der Waals surface area contributed by atoms with Crippen molar-refractivity contribution in [2.24, 2.45) is 0 Å². The Balaban J connectivity index is 1.87. The van der Waals surface area contributed by atoms with E-state index in [0.717, 1.165) is 0 Å². The van der Waals surface area contributed by atoms with E-state index in [4.69, 9.17) is 14.2 Å². The SMILES string of the molecule is C=CCC1SC(COC(=O)c2ccccc2)OC1OC(C)=O. The van der Waals surface area contributed by atoms with Gasteiger partial charge in [-0.25, -0.2) is 4.79 Å². The molecule has 1 aromatic rings. The Kier molecular flexibility index (Phi) is 6.03. The first-order valence-electron chi connectivity index (χ1n) is 6.91. The lowest BCUT2D eigenvalue weighted by atomic mass is 10.2. The number of rotatable bonds is 6. The lowest BCUT2D eigenvalue weighted by molar-refractivity contribution is -0.176. The van der Waals surface area contributed by atoms with Crippen LogP contribution in [-0.2, 0) is 19.0 Å². The smallest absolute Gasteiger partial charge is 0.338 e. The summed E-state index contributed by atoms with van der Waals surface area (Å²) in [5.41, 5.74) is 0.131. The van der Waals surface area contributed by atoms with Crippen molar-refractivity contribution >= 4 is 23.7 Å². The summed E-state index contributed by atoms with van der Waals surface area (Å²) in [4.78, 5) is 23.0. The van der Waals surface area contributed by atoms with Crippen molar-refractivity contribution in [1.29, 1.82) is 0 Å². The molecule has 1 fully saturated rings. The minimum atomic E-state index is -0.638. The number of ether oxygens (including phenoxy) is 3. The topological polar surface area (TPSA) is 61.8 Å². The van der Waals surface area contributed by atoms with Gasteiger partial charge in [0.25, 0.3) is 0 Å². The largest absolute Gasteiger partial charge is 0.458 e. The fourth-order valence-electron chi connectivity index (χ4n) is 2.01. The summed E-state index contributed by atoms with van der Waals surface area (Å²) in [6, 6.07) is 8.75. The number of hydrogen-bond acceptors (Lipinski definition) is 6. The quantitative estimate of drug-likeness (QED) is 0.593. The van der Waals surface area contributed by atoms with Crippen LogP contribution in [0.15, 0.2) is 43.0 Å². The highest BCUT2D eigenvalue weighted by molar-refractivity contribution is 8.00. The minimum absolute atomic E-state index is 0.0400. The minimum Gasteiger partial charge on any atom is -0.458 e. The highest BCUT2D eigenvalue weighted by Gasteiger charge is 2.38. The van der Waals surface area contributed by atoms with E-state index < -0.39 is 18.2 Å². The normalized spacial score (nSPS) is 23.8. The van der Waals surface area contributed by atoms with E-state index in [-0.39, 0.29) is 17.3 Å². The molecule has 1 heterocycles. The van der Waals surface area contributed by atoms with Crippen molar-refractivity contribution in [3.05, 3.63) is 48.6 Å². The van der Waals surface area contributed by atoms with Crippen LogP contribution in [0.4, 0.5) is 0 Å². The van der Waals surface area contributed by atoms with E-state index in [9.17, 15) is 9.59 Å². The third-order valence-corrected chi connectivity index (χ3v) is 4.27. The maximum Gasteiger partial charge on any atom is 0.338 e. The van der Waals surface area contributed by atoms with E-state index >= 15 is 0 Å². The van der Waals surface area contributed by atoms with Gasteiger partial charge in [0.05, 0.1) is 10.8 Å². The van der Waals surface area contributed by atoms with Crippen molar-refractivity contribution in [2.75, 3.05) is 6.61 Å². The summed E-state index contributed by atoms with van der Waals surface area (Å²) in [6.45, 7) is 5.12. The van der Waals surface area contributed by atoms with E-state index in [0.29, 0.717) is 12.0 Å². The van der Waals surface area contributed by atoms with Crippen LogP contribution in [0.1, 0.15) is 23.7 Å². The maximum absolute atomic E-state index is 11.9. The van der Waals surface area contributed by atoms with Gasteiger partial charge in [0, 0.05) is 6.92 Å². The van der Waals surface area contributed by atoms with Gasteiger partial charge in [-0.05, 0) is 18.6 Å². The fourth-order valence-corrected chi connectivity index (χ4v) is 3.21. The number of thioether (sulfide) groups is 1. The third kappa shape index (κ3) is 4.61. The molecule has 0 aromatic heterocycles. The second-order valence-corrected chi connectivity index (χ2v) is 6.11. The molecule has 1 aliphatic rings. The Bertz CT molecular complexity index is 531. The average molecular weight is 322 g/mol. The Morgan fingerprint density at radius 3 is 2.73 bits per heavy atom. The first-order chi connectivity index (χ1) is 10.6. The molecule has 2 rings (SSSR count). The fraction of sp³-hybridized carbons (Fsp3) is 0.375. The van der Waals surface area contributed by atoms with E-state index in [1.807, 2.05) is 6.07 Å². The predicted molar refractivity (Wildman–Crippen MR) is 83.3 cm³/mol. The van der Waals surface area contributed by atoms with Gasteiger partial charge < -0.3 is 14.2 Å². The summed E-state index contributed by atoms with van der Waals surface area (Å²) in [5.74, 6) is -0.803. The lowest BCUT2D eigenvalue weighted by Crippen LogP contribution is -2.26. The third-order valence-electron chi connectivity index (χ3n) is 2.96. The summed E-state index contributed by atoms with van der Waals surface area (Å²) < 4.78 is 16.0. The molecule has 3 atom stereocenters. The second kappa shape index (κ2) is 8.00. The molecule has 1 saturated heterocycles. The lowest BCUT2D eigenvalue weighted by Gasteiger charge is -2.15. The van der Waals surface area contributed by atoms with E-state index in [1.165, 1.54) is 18.7 Å². The van der Waals surface area contributed by atoms with Gasteiger partial charge in [-0.15, -0.1) is 18.3 Å². The molecule has 0 spiro atoms. The van der Waals surface area contributed by atoms with Gasteiger partial charge >= 0.3 is 11.9 Å². The zero-order valence-electron chi connectivity index (χ0n) is 12.3. The van der Waals surface area contributed by atoms with Crippen LogP contribution < -0.4 is 0 Å². The zero-order chi connectivity index (χ0) is 15.9. The molecule has 0 saturated carbocycles. The summed E-state index contributed by atoms with van der Waals surface area (Å²) >= 11 is 1.47. The number of carbonyl (C=O) groups excluding carboxylic acids is 2.